The van der Waals surface area contributed by atoms with Crippen LogP contribution in [0.3, 0.4) is 0 Å². The Labute approximate surface area is 161 Å². The Balaban J connectivity index is 1.73. The van der Waals surface area contributed by atoms with Gasteiger partial charge in [-0.3, -0.25) is 14.0 Å². The molecule has 0 bridgehead atoms. The molecule has 7 heteroatoms. The third kappa shape index (κ3) is 2.81. The lowest BCUT2D eigenvalue weighted by Crippen LogP contribution is -2.25. The molecule has 0 spiro atoms. The molecule has 0 radical (unpaired) electrons. The minimum Gasteiger partial charge on any atom is -0.496 e. The van der Waals surface area contributed by atoms with Crippen LogP contribution in [0.15, 0.2) is 53.5 Å². The topological polar surface area (TPSA) is 77.6 Å². The van der Waals surface area contributed by atoms with E-state index < -0.39 is 0 Å². The van der Waals surface area contributed by atoms with Crippen molar-refractivity contribution in [1.29, 1.82) is 0 Å². The van der Waals surface area contributed by atoms with E-state index in [0.29, 0.717) is 34.7 Å². The molecule has 0 unspecified atom stereocenters. The summed E-state index contributed by atoms with van der Waals surface area (Å²) < 4.78 is 8.48. The van der Waals surface area contributed by atoms with E-state index >= 15 is 0 Å². The number of pyridine rings is 1. The fraction of sp³-hybridized carbons (Fsp3) is 0.190. The summed E-state index contributed by atoms with van der Waals surface area (Å²) in [6.07, 6.45) is 1.69. The summed E-state index contributed by atoms with van der Waals surface area (Å²) in [6.45, 7) is 2.22. The van der Waals surface area contributed by atoms with E-state index in [1.165, 1.54) is 4.40 Å². The molecule has 1 aromatic carbocycles. The van der Waals surface area contributed by atoms with Gasteiger partial charge in [-0.05, 0) is 30.7 Å². The number of para-hydroxylation sites is 1. The van der Waals surface area contributed by atoms with Crippen LogP contribution in [0.4, 0.5) is 0 Å². The van der Waals surface area contributed by atoms with E-state index in [4.69, 9.17) is 4.74 Å². The molecule has 1 N–H and O–H groups in total. The van der Waals surface area contributed by atoms with Crippen molar-refractivity contribution in [1.82, 2.24) is 19.3 Å². The highest BCUT2D eigenvalue weighted by molar-refractivity contribution is 5.98. The third-order valence-corrected chi connectivity index (χ3v) is 4.89. The summed E-state index contributed by atoms with van der Waals surface area (Å²) in [5, 5.41) is 3.30. The minimum atomic E-state index is -0.281. The second-order valence-corrected chi connectivity index (χ2v) is 6.62. The molecule has 0 fully saturated rings. The lowest BCUT2D eigenvalue weighted by Gasteiger charge is -2.10. The van der Waals surface area contributed by atoms with E-state index in [2.05, 4.69) is 10.3 Å². The van der Waals surface area contributed by atoms with Gasteiger partial charge in [-0.15, -0.1) is 0 Å². The molecular formula is C21H20N4O3. The van der Waals surface area contributed by atoms with Crippen LogP contribution in [-0.4, -0.2) is 27.0 Å². The Hall–Kier alpha value is -3.61. The number of carbonyl (C=O) groups is 1. The molecule has 4 rings (SSSR count). The van der Waals surface area contributed by atoms with Crippen LogP contribution in [0.25, 0.3) is 16.7 Å². The highest BCUT2D eigenvalue weighted by Gasteiger charge is 2.18. The van der Waals surface area contributed by atoms with Crippen molar-refractivity contribution >= 4 is 22.6 Å². The molecule has 1 amide bonds. The van der Waals surface area contributed by atoms with Crippen LogP contribution >= 0.6 is 0 Å². The van der Waals surface area contributed by atoms with Gasteiger partial charge in [-0.2, -0.15) is 0 Å². The van der Waals surface area contributed by atoms with Gasteiger partial charge in [-0.1, -0.05) is 24.3 Å². The Morgan fingerprint density at radius 2 is 1.96 bits per heavy atom. The van der Waals surface area contributed by atoms with E-state index in [1.54, 1.807) is 37.1 Å². The Kier molecular flexibility index (Phi) is 4.35. The average molecular weight is 376 g/mol. The summed E-state index contributed by atoms with van der Waals surface area (Å²) in [4.78, 5) is 30.2. The first-order valence-electron chi connectivity index (χ1n) is 8.88. The molecule has 142 valence electrons. The van der Waals surface area contributed by atoms with Gasteiger partial charge in [0.15, 0.2) is 0 Å². The van der Waals surface area contributed by atoms with Crippen LogP contribution in [0.5, 0.6) is 5.75 Å². The van der Waals surface area contributed by atoms with Gasteiger partial charge >= 0.3 is 0 Å². The highest BCUT2D eigenvalue weighted by atomic mass is 16.5. The Morgan fingerprint density at radius 1 is 1.18 bits per heavy atom. The van der Waals surface area contributed by atoms with Crippen LogP contribution in [0, 0.1) is 6.92 Å². The summed E-state index contributed by atoms with van der Waals surface area (Å²) >= 11 is 0. The third-order valence-electron chi connectivity index (χ3n) is 4.89. The first kappa shape index (κ1) is 17.8. The number of ether oxygens (including phenoxy) is 1. The summed E-state index contributed by atoms with van der Waals surface area (Å²) in [6, 6.07) is 12.8. The largest absolute Gasteiger partial charge is 0.496 e. The average Bonchev–Trinajstić information content (AvgIpc) is 3.04. The second-order valence-electron chi connectivity index (χ2n) is 6.62. The van der Waals surface area contributed by atoms with Gasteiger partial charge in [0.1, 0.15) is 22.7 Å². The van der Waals surface area contributed by atoms with Crippen LogP contribution < -0.4 is 15.6 Å². The zero-order chi connectivity index (χ0) is 19.8. The molecular weight excluding hydrogens is 356 g/mol. The van der Waals surface area contributed by atoms with E-state index in [-0.39, 0.29) is 11.5 Å². The van der Waals surface area contributed by atoms with Crippen molar-refractivity contribution in [2.24, 2.45) is 7.05 Å². The molecule has 3 aromatic heterocycles. The number of nitrogens with zero attached hydrogens (tertiary/aromatic N) is 3. The standard InChI is InChI=1S/C21H20N4O3/c1-13-7-6-10-25-18(13)23-19-15(21(25)27)11-16(24(19)2)20(26)22-12-14-8-4-5-9-17(14)28-3/h4-11H,12H2,1-3H3,(H,22,26). The lowest BCUT2D eigenvalue weighted by molar-refractivity contribution is 0.0943. The smallest absolute Gasteiger partial charge is 0.268 e. The predicted molar refractivity (Wildman–Crippen MR) is 107 cm³/mol. The van der Waals surface area contributed by atoms with E-state index in [1.807, 2.05) is 37.3 Å². The molecule has 0 saturated heterocycles. The van der Waals surface area contributed by atoms with Crippen LogP contribution in [-0.2, 0) is 13.6 Å². The molecule has 28 heavy (non-hydrogen) atoms. The number of amides is 1. The van der Waals surface area contributed by atoms with Crippen molar-refractivity contribution < 1.29 is 9.53 Å². The molecule has 0 aliphatic carbocycles. The number of aromatic nitrogens is 3. The molecule has 0 atom stereocenters. The fourth-order valence-electron chi connectivity index (χ4n) is 3.36. The molecule has 0 aliphatic rings. The monoisotopic (exact) mass is 376 g/mol. The maximum Gasteiger partial charge on any atom is 0.268 e. The predicted octanol–water partition coefficient (Wildman–Crippen LogP) is 2.43. The molecule has 0 aliphatic heterocycles. The molecule has 7 nitrogen and oxygen atoms in total. The van der Waals surface area contributed by atoms with Crippen LogP contribution in [0.2, 0.25) is 0 Å². The lowest BCUT2D eigenvalue weighted by atomic mass is 10.2. The second kappa shape index (κ2) is 6.84. The Bertz CT molecular complexity index is 1270. The maximum absolute atomic E-state index is 12.9. The molecule has 3 heterocycles. The van der Waals surface area contributed by atoms with Crippen LogP contribution in [0.1, 0.15) is 21.6 Å². The number of hydrogen-bond acceptors (Lipinski definition) is 4. The number of hydrogen-bond donors (Lipinski definition) is 1. The zero-order valence-corrected chi connectivity index (χ0v) is 15.9. The van der Waals surface area contributed by atoms with Crippen molar-refractivity contribution in [3.8, 4) is 5.75 Å². The fourth-order valence-corrected chi connectivity index (χ4v) is 3.36. The number of fused-ring (bicyclic) bond motifs is 2. The highest BCUT2D eigenvalue weighted by Crippen LogP contribution is 2.18. The van der Waals surface area contributed by atoms with Gasteiger partial charge in [-0.25, -0.2) is 4.98 Å². The number of aryl methyl sites for hydroxylation is 2. The first-order valence-corrected chi connectivity index (χ1v) is 8.88. The van der Waals surface area contributed by atoms with Gasteiger partial charge in [0.25, 0.3) is 11.5 Å². The zero-order valence-electron chi connectivity index (χ0n) is 15.9. The number of nitrogens with one attached hydrogen (secondary N) is 1. The number of benzene rings is 1. The van der Waals surface area contributed by atoms with Crippen molar-refractivity contribution in [2.45, 2.75) is 13.5 Å². The number of carbonyl (C=O) groups excluding carboxylic acids is 1. The Morgan fingerprint density at radius 3 is 2.75 bits per heavy atom. The first-order chi connectivity index (χ1) is 13.5. The van der Waals surface area contributed by atoms with E-state index in [9.17, 15) is 9.59 Å². The van der Waals surface area contributed by atoms with Crippen molar-refractivity contribution in [2.75, 3.05) is 7.11 Å². The SMILES string of the molecule is COc1ccccc1CNC(=O)c1cc2c(=O)n3cccc(C)c3nc2n1C. The van der Waals surface area contributed by atoms with Gasteiger partial charge in [0.2, 0.25) is 0 Å². The van der Waals surface area contributed by atoms with Gasteiger partial charge < -0.3 is 14.6 Å². The number of methoxy groups -OCH3 is 1. The summed E-state index contributed by atoms with van der Waals surface area (Å²) in [5.41, 5.74) is 3.02. The summed E-state index contributed by atoms with van der Waals surface area (Å²) in [5.74, 6) is 0.429. The van der Waals surface area contributed by atoms with Gasteiger partial charge in [0.05, 0.1) is 12.5 Å². The van der Waals surface area contributed by atoms with Gasteiger partial charge in [0, 0.05) is 25.4 Å². The normalized spacial score (nSPS) is 11.1. The van der Waals surface area contributed by atoms with Crippen molar-refractivity contribution in [3.05, 3.63) is 75.8 Å². The maximum atomic E-state index is 12.9. The molecule has 0 saturated carbocycles. The quantitative estimate of drug-likeness (QED) is 0.593. The number of rotatable bonds is 4. The van der Waals surface area contributed by atoms with Crippen molar-refractivity contribution in [3.63, 3.8) is 0 Å². The molecule has 4 aromatic rings. The van der Waals surface area contributed by atoms with E-state index in [0.717, 1.165) is 11.1 Å². The minimum absolute atomic E-state index is 0.192. The summed E-state index contributed by atoms with van der Waals surface area (Å²) in [7, 11) is 3.33.